The van der Waals surface area contributed by atoms with Crippen LogP contribution in [0.3, 0.4) is 0 Å². The van der Waals surface area contributed by atoms with E-state index in [1.807, 2.05) is 18.2 Å². The highest BCUT2D eigenvalue weighted by Gasteiger charge is 2.01. The summed E-state index contributed by atoms with van der Waals surface area (Å²) in [5.41, 5.74) is 8.63. The average molecular weight is 173 g/mol. The third-order valence-corrected chi connectivity index (χ3v) is 1.98. The highest BCUT2D eigenvalue weighted by molar-refractivity contribution is 5.42. The Kier molecular flexibility index (Phi) is 2.00. The van der Waals surface area contributed by atoms with E-state index in [0.29, 0.717) is 0 Å². The minimum Gasteiger partial charge on any atom is -0.396 e. The van der Waals surface area contributed by atoms with Crippen molar-refractivity contribution in [1.29, 1.82) is 0 Å². The van der Waals surface area contributed by atoms with E-state index in [1.165, 1.54) is 5.56 Å². The van der Waals surface area contributed by atoms with Gasteiger partial charge in [-0.05, 0) is 5.56 Å². The molecule has 1 aromatic carbocycles. The van der Waals surface area contributed by atoms with Gasteiger partial charge in [0.15, 0.2) is 0 Å². The number of anilines is 1. The van der Waals surface area contributed by atoms with E-state index in [4.69, 9.17) is 5.73 Å². The zero-order valence-electron chi connectivity index (χ0n) is 7.20. The van der Waals surface area contributed by atoms with Gasteiger partial charge in [0, 0.05) is 6.42 Å². The fourth-order valence-electron chi connectivity index (χ4n) is 1.26. The third-order valence-electron chi connectivity index (χ3n) is 1.98. The maximum absolute atomic E-state index is 5.69. The highest BCUT2D eigenvalue weighted by Crippen LogP contribution is 2.12. The molecule has 2 aromatic rings. The normalized spacial score (nSPS) is 10.2. The third kappa shape index (κ3) is 1.69. The Bertz CT molecular complexity index is 378. The number of nitrogens with zero attached hydrogens (tertiary/aromatic N) is 1. The van der Waals surface area contributed by atoms with Crippen LogP contribution in [0.4, 0.5) is 5.69 Å². The minimum atomic E-state index is 0.726. The van der Waals surface area contributed by atoms with Crippen molar-refractivity contribution in [3.8, 4) is 0 Å². The van der Waals surface area contributed by atoms with Crippen LogP contribution in [0.25, 0.3) is 0 Å². The zero-order valence-corrected chi connectivity index (χ0v) is 7.20. The molecule has 3 N–H and O–H groups in total. The standard InChI is InChI=1S/C10H11N3/c11-9-7-12-13-10(9)6-8-4-2-1-3-5-8/h1-5,7H,6,11H2,(H,12,13). The van der Waals surface area contributed by atoms with E-state index < -0.39 is 0 Å². The SMILES string of the molecule is Nc1cn[nH]c1Cc1ccccc1. The maximum atomic E-state index is 5.69. The molecule has 0 bridgehead atoms. The number of hydrogen-bond donors (Lipinski definition) is 2. The van der Waals surface area contributed by atoms with Crippen LogP contribution in [0.15, 0.2) is 36.5 Å². The molecule has 0 amide bonds. The largest absolute Gasteiger partial charge is 0.396 e. The van der Waals surface area contributed by atoms with Crippen LogP contribution < -0.4 is 5.73 Å². The van der Waals surface area contributed by atoms with Gasteiger partial charge >= 0.3 is 0 Å². The Hall–Kier alpha value is -1.77. The molecule has 13 heavy (non-hydrogen) atoms. The summed E-state index contributed by atoms with van der Waals surface area (Å²) in [7, 11) is 0. The van der Waals surface area contributed by atoms with Crippen LogP contribution >= 0.6 is 0 Å². The molecule has 0 aliphatic carbocycles. The van der Waals surface area contributed by atoms with Crippen molar-refractivity contribution >= 4 is 5.69 Å². The monoisotopic (exact) mass is 173 g/mol. The van der Waals surface area contributed by atoms with Crippen molar-refractivity contribution in [2.24, 2.45) is 0 Å². The van der Waals surface area contributed by atoms with Gasteiger partial charge in [-0.1, -0.05) is 30.3 Å². The molecule has 0 unspecified atom stereocenters. The van der Waals surface area contributed by atoms with E-state index in [-0.39, 0.29) is 0 Å². The first-order chi connectivity index (χ1) is 6.36. The number of aromatic amines is 1. The lowest BCUT2D eigenvalue weighted by Crippen LogP contribution is -1.93. The van der Waals surface area contributed by atoms with Crippen LogP contribution in [0.2, 0.25) is 0 Å². The van der Waals surface area contributed by atoms with Gasteiger partial charge in [0.1, 0.15) is 0 Å². The van der Waals surface area contributed by atoms with Gasteiger partial charge in [0.25, 0.3) is 0 Å². The molecule has 0 fully saturated rings. The van der Waals surface area contributed by atoms with Crippen LogP contribution in [0, 0.1) is 0 Å². The fraction of sp³-hybridized carbons (Fsp3) is 0.100. The van der Waals surface area contributed by atoms with Crippen LogP contribution in [-0.4, -0.2) is 10.2 Å². The van der Waals surface area contributed by atoms with Gasteiger partial charge in [0.05, 0.1) is 17.6 Å². The number of aromatic nitrogens is 2. The number of benzene rings is 1. The Balaban J connectivity index is 2.20. The molecule has 0 aliphatic heterocycles. The van der Waals surface area contributed by atoms with Crippen molar-refractivity contribution in [2.75, 3.05) is 5.73 Å². The molecule has 0 aliphatic rings. The molecular formula is C10H11N3. The minimum absolute atomic E-state index is 0.726. The van der Waals surface area contributed by atoms with Crippen molar-refractivity contribution < 1.29 is 0 Å². The van der Waals surface area contributed by atoms with E-state index in [0.717, 1.165) is 17.8 Å². The molecule has 1 aromatic heterocycles. The summed E-state index contributed by atoms with van der Waals surface area (Å²) >= 11 is 0. The predicted octanol–water partition coefficient (Wildman–Crippen LogP) is 1.58. The summed E-state index contributed by atoms with van der Waals surface area (Å²) in [6, 6.07) is 10.2. The maximum Gasteiger partial charge on any atom is 0.0733 e. The lowest BCUT2D eigenvalue weighted by atomic mass is 10.1. The van der Waals surface area contributed by atoms with Crippen molar-refractivity contribution in [2.45, 2.75) is 6.42 Å². The second-order valence-electron chi connectivity index (χ2n) is 2.97. The number of rotatable bonds is 2. The van der Waals surface area contributed by atoms with Gasteiger partial charge in [-0.2, -0.15) is 5.10 Å². The second-order valence-corrected chi connectivity index (χ2v) is 2.97. The van der Waals surface area contributed by atoms with Crippen LogP contribution in [0.1, 0.15) is 11.3 Å². The van der Waals surface area contributed by atoms with Gasteiger partial charge < -0.3 is 5.73 Å². The average Bonchev–Trinajstić information content (AvgIpc) is 2.54. The summed E-state index contributed by atoms with van der Waals surface area (Å²) < 4.78 is 0. The molecular weight excluding hydrogens is 162 g/mol. The molecule has 0 saturated heterocycles. The lowest BCUT2D eigenvalue weighted by Gasteiger charge is -1.98. The molecule has 3 heteroatoms. The summed E-state index contributed by atoms with van der Waals surface area (Å²) in [5.74, 6) is 0. The number of nitrogens with one attached hydrogen (secondary N) is 1. The van der Waals surface area contributed by atoms with Gasteiger partial charge in [-0.15, -0.1) is 0 Å². The quantitative estimate of drug-likeness (QED) is 0.724. The van der Waals surface area contributed by atoms with E-state index in [1.54, 1.807) is 6.20 Å². The Morgan fingerprint density at radius 1 is 1.23 bits per heavy atom. The number of nitrogen functional groups attached to an aromatic ring is 1. The first-order valence-corrected chi connectivity index (χ1v) is 4.18. The summed E-state index contributed by atoms with van der Waals surface area (Å²) in [6.45, 7) is 0. The van der Waals surface area contributed by atoms with E-state index in [9.17, 15) is 0 Å². The summed E-state index contributed by atoms with van der Waals surface area (Å²) in [4.78, 5) is 0. The van der Waals surface area contributed by atoms with Crippen LogP contribution in [-0.2, 0) is 6.42 Å². The zero-order chi connectivity index (χ0) is 9.10. The first-order valence-electron chi connectivity index (χ1n) is 4.18. The predicted molar refractivity (Wildman–Crippen MR) is 52.2 cm³/mol. The molecule has 1 heterocycles. The molecule has 0 radical (unpaired) electrons. The Morgan fingerprint density at radius 3 is 2.62 bits per heavy atom. The van der Waals surface area contributed by atoms with Gasteiger partial charge in [-0.25, -0.2) is 0 Å². The number of nitrogens with two attached hydrogens (primary N) is 1. The molecule has 0 spiro atoms. The highest BCUT2D eigenvalue weighted by atomic mass is 15.1. The van der Waals surface area contributed by atoms with E-state index in [2.05, 4.69) is 22.3 Å². The number of hydrogen-bond acceptors (Lipinski definition) is 2. The fourth-order valence-corrected chi connectivity index (χ4v) is 1.26. The van der Waals surface area contributed by atoms with Crippen LogP contribution in [0.5, 0.6) is 0 Å². The van der Waals surface area contributed by atoms with Crippen molar-refractivity contribution in [3.63, 3.8) is 0 Å². The summed E-state index contributed by atoms with van der Waals surface area (Å²) in [6.07, 6.45) is 2.45. The second kappa shape index (κ2) is 3.31. The first kappa shape index (κ1) is 7.86. The topological polar surface area (TPSA) is 54.7 Å². The smallest absolute Gasteiger partial charge is 0.0733 e. The Morgan fingerprint density at radius 2 is 2.00 bits per heavy atom. The number of H-pyrrole nitrogens is 1. The molecule has 2 rings (SSSR count). The van der Waals surface area contributed by atoms with Gasteiger partial charge in [0.2, 0.25) is 0 Å². The van der Waals surface area contributed by atoms with Crippen molar-refractivity contribution in [3.05, 3.63) is 47.8 Å². The molecule has 66 valence electrons. The summed E-state index contributed by atoms with van der Waals surface area (Å²) in [5, 5.41) is 6.75. The molecule has 3 nitrogen and oxygen atoms in total. The van der Waals surface area contributed by atoms with Crippen molar-refractivity contribution in [1.82, 2.24) is 10.2 Å². The lowest BCUT2D eigenvalue weighted by molar-refractivity contribution is 0.997. The molecule has 0 atom stereocenters. The molecule has 0 saturated carbocycles. The van der Waals surface area contributed by atoms with Gasteiger partial charge in [-0.3, -0.25) is 5.10 Å². The Labute approximate surface area is 76.6 Å². The van der Waals surface area contributed by atoms with E-state index >= 15 is 0 Å².